The van der Waals surface area contributed by atoms with Gasteiger partial charge in [-0.2, -0.15) is 0 Å². The van der Waals surface area contributed by atoms with Gasteiger partial charge in [0.05, 0.1) is 0 Å². The molecule has 0 aromatic heterocycles. The highest BCUT2D eigenvalue weighted by Crippen LogP contribution is 2.46. The Morgan fingerprint density at radius 2 is 2.22 bits per heavy atom. The third-order valence-corrected chi connectivity index (χ3v) is 3.98. The first kappa shape index (κ1) is 17.1. The predicted molar refractivity (Wildman–Crippen MR) is 97.1 cm³/mol. The molecule has 0 aromatic carbocycles. The minimum atomic E-state index is 0.454. The van der Waals surface area contributed by atoms with Crippen LogP contribution in [0, 0.1) is 11.3 Å². The first-order chi connectivity index (χ1) is 11.2. The molecule has 0 bridgehead atoms. The third-order valence-electron chi connectivity index (χ3n) is 3.98. The van der Waals surface area contributed by atoms with Crippen molar-refractivity contribution in [2.45, 2.75) is 39.0 Å². The average Bonchev–Trinajstić information content (AvgIpc) is 3.49. The van der Waals surface area contributed by atoms with Gasteiger partial charge in [0.15, 0.2) is 0 Å². The van der Waals surface area contributed by atoms with E-state index in [4.69, 9.17) is 5.41 Å². The second-order valence-corrected chi connectivity index (χ2v) is 5.84. The minimum absolute atomic E-state index is 0.454. The van der Waals surface area contributed by atoms with Gasteiger partial charge in [0.1, 0.15) is 6.29 Å². The van der Waals surface area contributed by atoms with Gasteiger partial charge in [0.2, 0.25) is 0 Å². The molecular formula is C20H24N2O. The molecule has 1 fully saturated rings. The molecule has 0 aliphatic heterocycles. The summed E-state index contributed by atoms with van der Waals surface area (Å²) in [5, 5.41) is 7.49. The van der Waals surface area contributed by atoms with Crippen LogP contribution in [0.3, 0.4) is 0 Å². The van der Waals surface area contributed by atoms with Crippen LogP contribution in [-0.2, 0) is 4.79 Å². The standard InChI is InChI=1S/C16H18N2.C4H6O/c1-3-6-12(10-17)13(11-18-2)9-16-14-7-4-5-8-15(14)16;5-3-4-1-2-4/h4,6-7,9-11,17H,2-3,5,8H2,1H3;3-4H,1-2H2/b12-6-,13-11-,16-9-,17-10?;. The summed E-state index contributed by atoms with van der Waals surface area (Å²) in [5.41, 5.74) is 6.04. The molecule has 0 radical (unpaired) electrons. The molecule has 1 N–H and O–H groups in total. The molecule has 3 heteroatoms. The van der Waals surface area contributed by atoms with Gasteiger partial charge in [-0.3, -0.25) is 4.99 Å². The molecule has 120 valence electrons. The Morgan fingerprint density at radius 3 is 2.65 bits per heavy atom. The van der Waals surface area contributed by atoms with E-state index in [1.165, 1.54) is 22.9 Å². The van der Waals surface area contributed by atoms with Crippen LogP contribution in [-0.4, -0.2) is 19.2 Å². The van der Waals surface area contributed by atoms with Crippen molar-refractivity contribution in [3.05, 3.63) is 58.4 Å². The molecular weight excluding hydrogens is 284 g/mol. The van der Waals surface area contributed by atoms with Crippen LogP contribution in [0.4, 0.5) is 0 Å². The molecule has 0 aromatic rings. The molecule has 0 amide bonds. The van der Waals surface area contributed by atoms with Crippen molar-refractivity contribution in [3.63, 3.8) is 0 Å². The third kappa shape index (κ3) is 4.85. The maximum Gasteiger partial charge on any atom is 0.123 e. The quantitative estimate of drug-likeness (QED) is 0.430. The second-order valence-electron chi connectivity index (χ2n) is 5.84. The smallest absolute Gasteiger partial charge is 0.123 e. The number of aliphatic imine (C=N–C) groups is 1. The maximum atomic E-state index is 9.57. The monoisotopic (exact) mass is 308 g/mol. The molecule has 3 nitrogen and oxygen atoms in total. The number of hydrogen-bond acceptors (Lipinski definition) is 3. The number of nitrogens with zero attached hydrogens (tertiary/aromatic N) is 1. The van der Waals surface area contributed by atoms with Crippen molar-refractivity contribution in [1.82, 2.24) is 0 Å². The number of rotatable bonds is 6. The van der Waals surface area contributed by atoms with E-state index in [1.807, 2.05) is 6.08 Å². The molecule has 23 heavy (non-hydrogen) atoms. The van der Waals surface area contributed by atoms with Gasteiger partial charge in [0, 0.05) is 23.9 Å². The number of nitrogens with one attached hydrogen (secondary N) is 1. The number of carbonyl (C=O) groups is 1. The largest absolute Gasteiger partial charge is 0.308 e. The van der Waals surface area contributed by atoms with Gasteiger partial charge < -0.3 is 10.2 Å². The van der Waals surface area contributed by atoms with Crippen molar-refractivity contribution in [2.24, 2.45) is 10.9 Å². The number of allylic oxidation sites excluding steroid dienone is 9. The molecule has 3 rings (SSSR count). The fourth-order valence-electron chi connectivity index (χ4n) is 2.47. The minimum Gasteiger partial charge on any atom is -0.308 e. The van der Waals surface area contributed by atoms with Gasteiger partial charge in [-0.05, 0) is 67.2 Å². The van der Waals surface area contributed by atoms with Crippen LogP contribution in [0.2, 0.25) is 0 Å². The van der Waals surface area contributed by atoms with Crippen LogP contribution in [0.1, 0.15) is 39.0 Å². The van der Waals surface area contributed by atoms with E-state index in [-0.39, 0.29) is 0 Å². The molecule has 3 aliphatic rings. The summed E-state index contributed by atoms with van der Waals surface area (Å²) < 4.78 is 0. The topological polar surface area (TPSA) is 53.3 Å². The lowest BCUT2D eigenvalue weighted by Crippen LogP contribution is -1.88. The second kappa shape index (κ2) is 8.37. The average molecular weight is 308 g/mol. The molecule has 0 atom stereocenters. The van der Waals surface area contributed by atoms with Crippen molar-refractivity contribution in [3.8, 4) is 0 Å². The van der Waals surface area contributed by atoms with Gasteiger partial charge >= 0.3 is 0 Å². The van der Waals surface area contributed by atoms with E-state index < -0.39 is 0 Å². The van der Waals surface area contributed by atoms with E-state index in [0.29, 0.717) is 5.92 Å². The zero-order valence-corrected chi connectivity index (χ0v) is 13.7. The first-order valence-corrected chi connectivity index (χ1v) is 8.19. The lowest BCUT2D eigenvalue weighted by Gasteiger charge is -2.01. The predicted octanol–water partition coefficient (Wildman–Crippen LogP) is 4.74. The van der Waals surface area contributed by atoms with Gasteiger partial charge in [-0.15, -0.1) is 0 Å². The highest BCUT2D eigenvalue weighted by atomic mass is 16.1. The molecule has 0 unspecified atom stereocenters. The van der Waals surface area contributed by atoms with Gasteiger partial charge in [-0.25, -0.2) is 0 Å². The summed E-state index contributed by atoms with van der Waals surface area (Å²) in [5.74, 6) is 0.454. The van der Waals surface area contributed by atoms with Crippen LogP contribution in [0.5, 0.6) is 0 Å². The summed E-state index contributed by atoms with van der Waals surface area (Å²) in [4.78, 5) is 13.4. The Hall–Kier alpha value is -2.29. The maximum absolute atomic E-state index is 9.57. The van der Waals surface area contributed by atoms with E-state index in [9.17, 15) is 4.79 Å². The highest BCUT2D eigenvalue weighted by molar-refractivity contribution is 5.85. The molecule has 0 saturated heterocycles. The normalized spacial score (nSPS) is 21.3. The van der Waals surface area contributed by atoms with Gasteiger partial charge in [-0.1, -0.05) is 25.2 Å². The zero-order valence-electron chi connectivity index (χ0n) is 13.7. The number of hydrogen-bond donors (Lipinski definition) is 1. The Labute approximate surface area is 138 Å². The van der Waals surface area contributed by atoms with E-state index in [1.54, 1.807) is 6.20 Å². The van der Waals surface area contributed by atoms with Crippen LogP contribution in [0.25, 0.3) is 0 Å². The first-order valence-electron chi connectivity index (χ1n) is 8.19. The lowest BCUT2D eigenvalue weighted by molar-refractivity contribution is -0.108. The Bertz CT molecular complexity index is 641. The summed E-state index contributed by atoms with van der Waals surface area (Å²) in [7, 11) is 0. The zero-order chi connectivity index (χ0) is 16.7. The van der Waals surface area contributed by atoms with Gasteiger partial charge in [0.25, 0.3) is 0 Å². The van der Waals surface area contributed by atoms with E-state index >= 15 is 0 Å². The molecule has 0 spiro atoms. The summed E-state index contributed by atoms with van der Waals surface area (Å²) in [6, 6.07) is 0. The van der Waals surface area contributed by atoms with E-state index in [2.05, 4.69) is 36.9 Å². The van der Waals surface area contributed by atoms with Crippen molar-refractivity contribution < 1.29 is 4.79 Å². The van der Waals surface area contributed by atoms with Crippen molar-refractivity contribution >= 4 is 19.2 Å². The molecule has 3 aliphatic carbocycles. The number of aldehydes is 1. The Kier molecular flexibility index (Phi) is 6.21. The van der Waals surface area contributed by atoms with E-state index in [0.717, 1.165) is 49.5 Å². The number of carbonyl (C=O) groups excluding carboxylic acids is 1. The lowest BCUT2D eigenvalue weighted by atomic mass is 10.1. The Morgan fingerprint density at radius 1 is 1.43 bits per heavy atom. The van der Waals surface area contributed by atoms with Crippen LogP contribution < -0.4 is 0 Å². The SMILES string of the molecule is C=N/C=C(/C=C1C2=C/1CCC=C2)C(\C=N)=C/CC.O=CC1CC1. The van der Waals surface area contributed by atoms with Crippen LogP contribution >= 0.6 is 0 Å². The summed E-state index contributed by atoms with van der Waals surface area (Å²) in [6.45, 7) is 5.58. The summed E-state index contributed by atoms with van der Waals surface area (Å²) in [6.07, 6.45) is 18.2. The fraction of sp³-hybridized carbons (Fsp3) is 0.350. The Balaban J connectivity index is 0.000000326. The molecule has 0 heterocycles. The summed E-state index contributed by atoms with van der Waals surface area (Å²) >= 11 is 0. The van der Waals surface area contributed by atoms with Crippen molar-refractivity contribution in [2.75, 3.05) is 0 Å². The fourth-order valence-corrected chi connectivity index (χ4v) is 2.47. The molecule has 1 saturated carbocycles. The van der Waals surface area contributed by atoms with Crippen molar-refractivity contribution in [1.29, 1.82) is 5.41 Å². The van der Waals surface area contributed by atoms with Crippen LogP contribution in [0.15, 0.2) is 63.4 Å². The highest BCUT2D eigenvalue weighted by Gasteiger charge is 2.28.